The van der Waals surface area contributed by atoms with Gasteiger partial charge < -0.3 is 10.2 Å². The lowest BCUT2D eigenvalue weighted by molar-refractivity contribution is -0.117. The SMILES string of the molecule is NC(=O)CCSc1nnc(-c2cccc(Br)c2)o1. The van der Waals surface area contributed by atoms with Crippen LogP contribution in [0.2, 0.25) is 0 Å². The highest BCUT2D eigenvalue weighted by Gasteiger charge is 2.09. The minimum absolute atomic E-state index is 0.291. The molecule has 0 spiro atoms. The molecule has 0 atom stereocenters. The molecule has 1 heterocycles. The Kier molecular flexibility index (Phi) is 4.38. The van der Waals surface area contributed by atoms with E-state index in [-0.39, 0.29) is 5.91 Å². The quantitative estimate of drug-likeness (QED) is 0.853. The van der Waals surface area contributed by atoms with Crippen molar-refractivity contribution >= 4 is 33.6 Å². The number of rotatable bonds is 5. The van der Waals surface area contributed by atoms with E-state index in [1.165, 1.54) is 11.8 Å². The molecule has 1 aromatic heterocycles. The number of amides is 1. The molecule has 0 bridgehead atoms. The maximum atomic E-state index is 10.6. The number of benzene rings is 1. The molecule has 2 N–H and O–H groups in total. The third-order valence-corrected chi connectivity index (χ3v) is 3.37. The summed E-state index contributed by atoms with van der Waals surface area (Å²) in [6, 6.07) is 7.59. The van der Waals surface area contributed by atoms with Gasteiger partial charge in [0.1, 0.15) is 0 Å². The van der Waals surface area contributed by atoms with E-state index >= 15 is 0 Å². The Morgan fingerprint density at radius 1 is 1.44 bits per heavy atom. The van der Waals surface area contributed by atoms with Crippen LogP contribution in [0.4, 0.5) is 0 Å². The van der Waals surface area contributed by atoms with Gasteiger partial charge in [0.15, 0.2) is 0 Å². The van der Waals surface area contributed by atoms with Crippen LogP contribution >= 0.6 is 27.7 Å². The number of hydrogen-bond acceptors (Lipinski definition) is 5. The molecule has 2 rings (SSSR count). The Labute approximate surface area is 116 Å². The predicted octanol–water partition coefficient (Wildman–Crippen LogP) is 2.47. The molecule has 2 aromatic rings. The molecule has 18 heavy (non-hydrogen) atoms. The molecule has 94 valence electrons. The van der Waals surface area contributed by atoms with E-state index in [2.05, 4.69) is 26.1 Å². The Hall–Kier alpha value is -1.34. The smallest absolute Gasteiger partial charge is 0.276 e. The Balaban J connectivity index is 2.04. The molecule has 7 heteroatoms. The van der Waals surface area contributed by atoms with Gasteiger partial charge >= 0.3 is 0 Å². The minimum Gasteiger partial charge on any atom is -0.411 e. The molecule has 0 aliphatic carbocycles. The Morgan fingerprint density at radius 2 is 2.28 bits per heavy atom. The first-order valence-electron chi connectivity index (χ1n) is 5.15. The van der Waals surface area contributed by atoms with Crippen molar-refractivity contribution in [1.29, 1.82) is 0 Å². The first-order chi connectivity index (χ1) is 8.65. The van der Waals surface area contributed by atoms with Gasteiger partial charge in [-0.3, -0.25) is 4.79 Å². The van der Waals surface area contributed by atoms with Crippen molar-refractivity contribution in [3.8, 4) is 11.5 Å². The van der Waals surface area contributed by atoms with E-state index in [0.29, 0.717) is 23.3 Å². The van der Waals surface area contributed by atoms with Gasteiger partial charge in [-0.25, -0.2) is 0 Å². The lowest BCUT2D eigenvalue weighted by Gasteiger charge is -1.95. The van der Waals surface area contributed by atoms with E-state index in [1.807, 2.05) is 24.3 Å². The van der Waals surface area contributed by atoms with E-state index in [4.69, 9.17) is 10.2 Å². The fraction of sp³-hybridized carbons (Fsp3) is 0.182. The number of hydrogen-bond donors (Lipinski definition) is 1. The molecule has 0 aliphatic rings. The Morgan fingerprint density at radius 3 is 3.00 bits per heavy atom. The van der Waals surface area contributed by atoms with Crippen molar-refractivity contribution in [2.24, 2.45) is 5.73 Å². The molecule has 0 saturated heterocycles. The highest BCUT2D eigenvalue weighted by molar-refractivity contribution is 9.10. The molecule has 0 fully saturated rings. The number of halogens is 1. The number of carbonyl (C=O) groups is 1. The molecular weight excluding hydrogens is 318 g/mol. The van der Waals surface area contributed by atoms with Crippen LogP contribution in [0.25, 0.3) is 11.5 Å². The molecule has 0 saturated carbocycles. The van der Waals surface area contributed by atoms with Crippen LogP contribution in [0.1, 0.15) is 6.42 Å². The fourth-order valence-corrected chi connectivity index (χ4v) is 2.36. The standard InChI is InChI=1S/C11H10BrN3O2S/c12-8-3-1-2-7(6-8)10-14-15-11(17-10)18-5-4-9(13)16/h1-3,6H,4-5H2,(H2,13,16). The molecule has 5 nitrogen and oxygen atoms in total. The monoisotopic (exact) mass is 327 g/mol. The van der Waals surface area contributed by atoms with Crippen LogP contribution in [0.15, 0.2) is 38.4 Å². The normalized spacial score (nSPS) is 10.5. The molecule has 0 radical (unpaired) electrons. The number of aromatic nitrogens is 2. The summed E-state index contributed by atoms with van der Waals surface area (Å²) in [5, 5.41) is 8.29. The lowest BCUT2D eigenvalue weighted by Crippen LogP contribution is -2.10. The van der Waals surface area contributed by atoms with Crippen molar-refractivity contribution < 1.29 is 9.21 Å². The van der Waals surface area contributed by atoms with Crippen molar-refractivity contribution in [3.05, 3.63) is 28.7 Å². The van der Waals surface area contributed by atoms with E-state index in [9.17, 15) is 4.79 Å². The zero-order valence-electron chi connectivity index (χ0n) is 9.30. The van der Waals surface area contributed by atoms with Crippen LogP contribution in [0, 0.1) is 0 Å². The highest BCUT2D eigenvalue weighted by Crippen LogP contribution is 2.25. The first-order valence-corrected chi connectivity index (χ1v) is 6.93. The summed E-state index contributed by atoms with van der Waals surface area (Å²) in [7, 11) is 0. The van der Waals surface area contributed by atoms with Crippen LogP contribution in [-0.4, -0.2) is 21.9 Å². The largest absolute Gasteiger partial charge is 0.411 e. The van der Waals surface area contributed by atoms with Crippen molar-refractivity contribution in [1.82, 2.24) is 10.2 Å². The average molecular weight is 328 g/mol. The van der Waals surface area contributed by atoms with Gasteiger partial charge in [0.05, 0.1) is 0 Å². The maximum absolute atomic E-state index is 10.6. The van der Waals surface area contributed by atoms with Crippen molar-refractivity contribution in [2.75, 3.05) is 5.75 Å². The molecule has 0 unspecified atom stereocenters. The zero-order chi connectivity index (χ0) is 13.0. The van der Waals surface area contributed by atoms with Gasteiger partial charge in [-0.15, -0.1) is 10.2 Å². The molecular formula is C11H10BrN3O2S. The number of nitrogens with two attached hydrogens (primary N) is 1. The predicted molar refractivity (Wildman–Crippen MR) is 72.0 cm³/mol. The second kappa shape index (κ2) is 6.01. The van der Waals surface area contributed by atoms with E-state index < -0.39 is 0 Å². The van der Waals surface area contributed by atoms with Crippen LogP contribution in [0.5, 0.6) is 0 Å². The van der Waals surface area contributed by atoms with Gasteiger partial charge in [-0.2, -0.15) is 0 Å². The summed E-state index contributed by atoms with van der Waals surface area (Å²) < 4.78 is 6.42. The van der Waals surface area contributed by atoms with E-state index in [0.717, 1.165) is 10.0 Å². The molecule has 1 aromatic carbocycles. The second-order valence-corrected chi connectivity index (χ2v) is 5.41. The van der Waals surface area contributed by atoms with Crippen LogP contribution in [-0.2, 0) is 4.79 Å². The summed E-state index contributed by atoms with van der Waals surface area (Å²) in [4.78, 5) is 10.6. The topological polar surface area (TPSA) is 82.0 Å². The van der Waals surface area contributed by atoms with Crippen LogP contribution in [0.3, 0.4) is 0 Å². The van der Waals surface area contributed by atoms with Gasteiger partial charge in [-0.1, -0.05) is 33.8 Å². The zero-order valence-corrected chi connectivity index (χ0v) is 11.7. The molecule has 1 amide bonds. The maximum Gasteiger partial charge on any atom is 0.276 e. The summed E-state index contributed by atoms with van der Waals surface area (Å²) in [5.74, 6) is 0.655. The van der Waals surface area contributed by atoms with Gasteiger partial charge in [-0.05, 0) is 18.2 Å². The van der Waals surface area contributed by atoms with Crippen molar-refractivity contribution in [3.63, 3.8) is 0 Å². The average Bonchev–Trinajstić information content (AvgIpc) is 2.77. The van der Waals surface area contributed by atoms with E-state index in [1.54, 1.807) is 0 Å². The third kappa shape index (κ3) is 3.58. The van der Waals surface area contributed by atoms with Gasteiger partial charge in [0.25, 0.3) is 5.22 Å². The number of primary amides is 1. The fourth-order valence-electron chi connectivity index (χ4n) is 1.25. The van der Waals surface area contributed by atoms with Crippen LogP contribution < -0.4 is 5.73 Å². The van der Waals surface area contributed by atoms with Gasteiger partial charge in [0.2, 0.25) is 11.8 Å². The summed E-state index contributed by atoms with van der Waals surface area (Å²) >= 11 is 4.69. The summed E-state index contributed by atoms with van der Waals surface area (Å²) in [6.07, 6.45) is 0.291. The minimum atomic E-state index is -0.339. The number of nitrogens with zero attached hydrogens (tertiary/aromatic N) is 2. The van der Waals surface area contributed by atoms with Crippen molar-refractivity contribution in [2.45, 2.75) is 11.6 Å². The first kappa shape index (κ1) is 13.1. The lowest BCUT2D eigenvalue weighted by atomic mass is 10.2. The number of carbonyl (C=O) groups excluding carboxylic acids is 1. The molecule has 0 aliphatic heterocycles. The van der Waals surface area contributed by atoms with Gasteiger partial charge in [0, 0.05) is 22.2 Å². The highest BCUT2D eigenvalue weighted by atomic mass is 79.9. The second-order valence-electron chi connectivity index (χ2n) is 3.45. The summed E-state index contributed by atoms with van der Waals surface area (Å²) in [5.41, 5.74) is 5.89. The Bertz CT molecular complexity index is 559. The summed E-state index contributed by atoms with van der Waals surface area (Å²) in [6.45, 7) is 0. The number of thioether (sulfide) groups is 1. The third-order valence-electron chi connectivity index (χ3n) is 2.05.